The fourth-order valence-corrected chi connectivity index (χ4v) is 4.01. The lowest BCUT2D eigenvalue weighted by molar-refractivity contribution is -0.127. The highest BCUT2D eigenvalue weighted by atomic mass is 32.2. The SMILES string of the molecule is CN(Cc1ccccc1F)C(=O)CSc1nnc(NCc2ccccc2)s1. The maximum absolute atomic E-state index is 13.7. The Morgan fingerprint density at radius 2 is 1.89 bits per heavy atom. The summed E-state index contributed by atoms with van der Waals surface area (Å²) in [5, 5.41) is 12.1. The van der Waals surface area contributed by atoms with Crippen molar-refractivity contribution in [2.45, 2.75) is 17.4 Å². The van der Waals surface area contributed by atoms with E-state index in [4.69, 9.17) is 0 Å². The molecule has 0 unspecified atom stereocenters. The predicted octanol–water partition coefficient (Wildman–Crippen LogP) is 4.04. The third-order valence-corrected chi connectivity index (χ3v) is 5.80. The summed E-state index contributed by atoms with van der Waals surface area (Å²) in [5.41, 5.74) is 1.66. The van der Waals surface area contributed by atoms with Crippen LogP contribution < -0.4 is 5.32 Å². The van der Waals surface area contributed by atoms with Crippen molar-refractivity contribution in [3.05, 3.63) is 71.5 Å². The molecule has 140 valence electrons. The van der Waals surface area contributed by atoms with Crippen molar-refractivity contribution in [1.29, 1.82) is 0 Å². The number of anilines is 1. The van der Waals surface area contributed by atoms with Crippen LogP contribution in [0.1, 0.15) is 11.1 Å². The first-order chi connectivity index (χ1) is 13.1. The molecule has 0 aliphatic rings. The van der Waals surface area contributed by atoms with E-state index in [0.29, 0.717) is 17.2 Å². The lowest BCUT2D eigenvalue weighted by Gasteiger charge is -2.17. The molecule has 0 saturated heterocycles. The maximum atomic E-state index is 13.7. The van der Waals surface area contributed by atoms with Gasteiger partial charge in [-0.25, -0.2) is 4.39 Å². The largest absolute Gasteiger partial charge is 0.356 e. The van der Waals surface area contributed by atoms with Crippen molar-refractivity contribution in [3.63, 3.8) is 0 Å². The Balaban J connectivity index is 1.46. The zero-order chi connectivity index (χ0) is 19.1. The number of aromatic nitrogens is 2. The van der Waals surface area contributed by atoms with Gasteiger partial charge >= 0.3 is 0 Å². The average Bonchev–Trinajstić information content (AvgIpc) is 3.15. The molecule has 0 fully saturated rings. The number of carbonyl (C=O) groups excluding carboxylic acids is 1. The minimum atomic E-state index is -0.303. The number of nitrogens with zero attached hydrogens (tertiary/aromatic N) is 3. The van der Waals surface area contributed by atoms with Gasteiger partial charge in [-0.3, -0.25) is 4.79 Å². The number of nitrogens with one attached hydrogen (secondary N) is 1. The van der Waals surface area contributed by atoms with Crippen molar-refractivity contribution in [2.24, 2.45) is 0 Å². The average molecular weight is 403 g/mol. The first-order valence-corrected chi connectivity index (χ1v) is 10.1. The second-order valence-corrected chi connectivity index (χ2v) is 8.04. The second kappa shape index (κ2) is 9.48. The summed E-state index contributed by atoms with van der Waals surface area (Å²) >= 11 is 2.75. The number of hydrogen-bond donors (Lipinski definition) is 1. The van der Waals surface area contributed by atoms with Crippen molar-refractivity contribution in [2.75, 3.05) is 18.1 Å². The quantitative estimate of drug-likeness (QED) is 0.576. The fraction of sp³-hybridized carbons (Fsp3) is 0.211. The van der Waals surface area contributed by atoms with Crippen molar-refractivity contribution >= 4 is 34.1 Å². The van der Waals surface area contributed by atoms with Crippen LogP contribution in [0.5, 0.6) is 0 Å². The smallest absolute Gasteiger partial charge is 0.233 e. The first-order valence-electron chi connectivity index (χ1n) is 8.33. The highest BCUT2D eigenvalue weighted by molar-refractivity contribution is 8.01. The normalized spacial score (nSPS) is 10.6. The zero-order valence-electron chi connectivity index (χ0n) is 14.8. The molecule has 0 aliphatic heterocycles. The number of thioether (sulfide) groups is 1. The van der Waals surface area contributed by atoms with Crippen molar-refractivity contribution in [3.8, 4) is 0 Å². The molecule has 1 amide bonds. The van der Waals surface area contributed by atoms with E-state index in [1.54, 1.807) is 25.2 Å². The summed E-state index contributed by atoms with van der Waals surface area (Å²) in [6.45, 7) is 0.913. The summed E-state index contributed by atoms with van der Waals surface area (Å²) in [7, 11) is 1.67. The number of amides is 1. The van der Waals surface area contributed by atoms with Gasteiger partial charge in [0.25, 0.3) is 0 Å². The highest BCUT2D eigenvalue weighted by Crippen LogP contribution is 2.26. The second-order valence-electron chi connectivity index (χ2n) is 5.84. The summed E-state index contributed by atoms with van der Waals surface area (Å²) in [4.78, 5) is 13.8. The van der Waals surface area contributed by atoms with Crippen LogP contribution in [-0.2, 0) is 17.9 Å². The van der Waals surface area contributed by atoms with Crippen LogP contribution in [0.3, 0.4) is 0 Å². The topological polar surface area (TPSA) is 58.1 Å². The van der Waals surface area contributed by atoms with E-state index in [1.165, 1.54) is 34.1 Å². The van der Waals surface area contributed by atoms with Crippen LogP contribution in [0, 0.1) is 5.82 Å². The number of carbonyl (C=O) groups is 1. The molecule has 8 heteroatoms. The summed E-state index contributed by atoms with van der Waals surface area (Å²) in [6.07, 6.45) is 0. The summed E-state index contributed by atoms with van der Waals surface area (Å²) < 4.78 is 14.4. The number of hydrogen-bond acceptors (Lipinski definition) is 6. The molecular weight excluding hydrogens is 383 g/mol. The van der Waals surface area contributed by atoms with Gasteiger partial charge in [0, 0.05) is 25.7 Å². The molecule has 1 aromatic heterocycles. The number of halogens is 1. The minimum Gasteiger partial charge on any atom is -0.356 e. The van der Waals surface area contributed by atoms with E-state index in [2.05, 4.69) is 15.5 Å². The Morgan fingerprint density at radius 1 is 1.15 bits per heavy atom. The van der Waals surface area contributed by atoms with Gasteiger partial charge in [0.15, 0.2) is 4.34 Å². The zero-order valence-corrected chi connectivity index (χ0v) is 16.4. The molecule has 0 bridgehead atoms. The molecule has 3 rings (SSSR count). The Hall–Kier alpha value is -2.45. The standard InChI is InChI=1S/C19H19FN4OS2/c1-24(12-15-9-5-6-10-16(15)20)17(25)13-26-19-23-22-18(27-19)21-11-14-7-3-2-4-8-14/h2-10H,11-13H2,1H3,(H,21,22). The monoisotopic (exact) mass is 402 g/mol. The van der Waals surface area contributed by atoms with Gasteiger partial charge in [0.05, 0.1) is 5.75 Å². The van der Waals surface area contributed by atoms with Crippen LogP contribution in [0.15, 0.2) is 58.9 Å². The molecule has 5 nitrogen and oxygen atoms in total. The van der Waals surface area contributed by atoms with Gasteiger partial charge in [0.2, 0.25) is 11.0 Å². The molecule has 2 aromatic carbocycles. The fourth-order valence-electron chi connectivity index (χ4n) is 2.32. The van der Waals surface area contributed by atoms with Crippen LogP contribution in [-0.4, -0.2) is 33.8 Å². The van der Waals surface area contributed by atoms with Crippen molar-refractivity contribution in [1.82, 2.24) is 15.1 Å². The highest BCUT2D eigenvalue weighted by Gasteiger charge is 2.13. The van der Waals surface area contributed by atoms with E-state index < -0.39 is 0 Å². The third kappa shape index (κ3) is 5.77. The van der Waals surface area contributed by atoms with E-state index in [-0.39, 0.29) is 24.0 Å². The Morgan fingerprint density at radius 3 is 2.67 bits per heavy atom. The molecule has 1 N–H and O–H groups in total. The Bertz CT molecular complexity index is 888. The molecule has 0 saturated carbocycles. The van der Waals surface area contributed by atoms with E-state index in [0.717, 1.165) is 9.90 Å². The predicted molar refractivity (Wildman–Crippen MR) is 107 cm³/mol. The van der Waals surface area contributed by atoms with Crippen LogP contribution in [0.2, 0.25) is 0 Å². The van der Waals surface area contributed by atoms with E-state index in [9.17, 15) is 9.18 Å². The van der Waals surface area contributed by atoms with E-state index >= 15 is 0 Å². The van der Waals surface area contributed by atoms with E-state index in [1.807, 2.05) is 30.3 Å². The molecule has 0 radical (unpaired) electrons. The van der Waals surface area contributed by atoms with Crippen LogP contribution in [0.25, 0.3) is 0 Å². The molecule has 27 heavy (non-hydrogen) atoms. The maximum Gasteiger partial charge on any atom is 0.233 e. The van der Waals surface area contributed by atoms with Gasteiger partial charge in [-0.15, -0.1) is 10.2 Å². The molecule has 0 spiro atoms. The van der Waals surface area contributed by atoms with Gasteiger partial charge < -0.3 is 10.2 Å². The van der Waals surface area contributed by atoms with Gasteiger partial charge in [-0.05, 0) is 11.6 Å². The third-order valence-electron chi connectivity index (χ3n) is 3.80. The molecule has 3 aromatic rings. The Labute approximate surface area is 165 Å². The van der Waals surface area contributed by atoms with Crippen molar-refractivity contribution < 1.29 is 9.18 Å². The molecular formula is C19H19FN4OS2. The van der Waals surface area contributed by atoms with Gasteiger partial charge in [0.1, 0.15) is 5.82 Å². The molecule has 0 atom stereocenters. The summed E-state index contributed by atoms with van der Waals surface area (Å²) in [6, 6.07) is 16.5. The minimum absolute atomic E-state index is 0.0859. The lowest BCUT2D eigenvalue weighted by atomic mass is 10.2. The van der Waals surface area contributed by atoms with Crippen LogP contribution in [0.4, 0.5) is 9.52 Å². The number of rotatable bonds is 8. The lowest BCUT2D eigenvalue weighted by Crippen LogP contribution is -2.28. The first kappa shape index (κ1) is 19.3. The Kier molecular flexibility index (Phi) is 6.78. The van der Waals surface area contributed by atoms with Crippen LogP contribution >= 0.6 is 23.1 Å². The molecule has 0 aliphatic carbocycles. The summed E-state index contributed by atoms with van der Waals surface area (Å²) in [5.74, 6) is -0.154. The number of benzene rings is 2. The molecule has 1 heterocycles. The van der Waals surface area contributed by atoms with Gasteiger partial charge in [-0.2, -0.15) is 0 Å². The van der Waals surface area contributed by atoms with Gasteiger partial charge in [-0.1, -0.05) is 71.6 Å².